The summed E-state index contributed by atoms with van der Waals surface area (Å²) in [5, 5.41) is 4.07. The van der Waals surface area contributed by atoms with E-state index in [2.05, 4.69) is 9.82 Å². The molecule has 0 aliphatic rings. The fourth-order valence-electron chi connectivity index (χ4n) is 2.44. The molecule has 1 heterocycles. The van der Waals surface area contributed by atoms with Crippen molar-refractivity contribution < 1.29 is 18.0 Å². The van der Waals surface area contributed by atoms with Crippen LogP contribution < -0.4 is 4.72 Å². The summed E-state index contributed by atoms with van der Waals surface area (Å²) in [7, 11) is -3.95. The first kappa shape index (κ1) is 19.0. The number of aryl methyl sites for hydroxylation is 3. The van der Waals surface area contributed by atoms with Crippen molar-refractivity contribution in [2.75, 3.05) is 0 Å². The average molecular weight is 363 g/mol. The molecule has 0 saturated carbocycles. The highest BCUT2D eigenvalue weighted by Gasteiger charge is 2.29. The zero-order valence-electron chi connectivity index (χ0n) is 14.6. The zero-order chi connectivity index (χ0) is 18.8. The molecule has 134 valence electrons. The first-order valence-electron chi connectivity index (χ1n) is 7.76. The van der Waals surface area contributed by atoms with Crippen molar-refractivity contribution >= 4 is 21.7 Å². The number of Topliss-reactive ketones (excluding diaryl/α,β-unsaturated/α-hetero) is 1. The number of benzene rings is 1. The Bertz CT molecular complexity index is 898. The summed E-state index contributed by atoms with van der Waals surface area (Å²) < 4.78 is 28.6. The smallest absolute Gasteiger partial charge is 0.265 e. The van der Waals surface area contributed by atoms with E-state index in [0.29, 0.717) is 11.4 Å². The van der Waals surface area contributed by atoms with Gasteiger partial charge in [-0.3, -0.25) is 9.59 Å². The first-order valence-corrected chi connectivity index (χ1v) is 9.24. The van der Waals surface area contributed by atoms with Gasteiger partial charge >= 0.3 is 0 Å². The number of rotatable bonds is 6. The van der Waals surface area contributed by atoms with Gasteiger partial charge in [0.05, 0.1) is 10.6 Å². The number of hydrogen-bond acceptors (Lipinski definition) is 5. The molecule has 25 heavy (non-hydrogen) atoms. The summed E-state index contributed by atoms with van der Waals surface area (Å²) in [6.07, 6.45) is -0.248. The lowest BCUT2D eigenvalue weighted by molar-refractivity contribution is -0.117. The molecule has 2 rings (SSSR count). The van der Waals surface area contributed by atoms with Crippen LogP contribution in [0.3, 0.4) is 0 Å². The predicted octanol–water partition coefficient (Wildman–Crippen LogP) is 1.77. The normalized spacial score (nSPS) is 12.8. The van der Waals surface area contributed by atoms with Crippen LogP contribution in [0.4, 0.5) is 0 Å². The van der Waals surface area contributed by atoms with Gasteiger partial charge in [0, 0.05) is 12.1 Å². The second kappa shape index (κ2) is 7.28. The topological polar surface area (TPSA) is 98.1 Å². The van der Waals surface area contributed by atoms with Crippen LogP contribution in [0.15, 0.2) is 35.2 Å². The molecule has 0 amide bonds. The highest BCUT2D eigenvalue weighted by atomic mass is 32.2. The molecular weight excluding hydrogens is 342 g/mol. The molecule has 0 saturated heterocycles. The SMILES string of the molecule is CC(=O)CC(NS(=O)(=O)c1ccc(C)cc1)C(=O)n1nc(C)cc1C. The fourth-order valence-corrected chi connectivity index (χ4v) is 3.63. The Kier molecular flexibility index (Phi) is 5.54. The van der Waals surface area contributed by atoms with E-state index in [1.54, 1.807) is 32.0 Å². The van der Waals surface area contributed by atoms with Gasteiger partial charge in [0.15, 0.2) is 0 Å². The first-order chi connectivity index (χ1) is 11.6. The number of ketones is 1. The minimum absolute atomic E-state index is 0.0350. The second-order valence-corrected chi connectivity index (χ2v) is 7.78. The van der Waals surface area contributed by atoms with E-state index in [4.69, 9.17) is 0 Å². The van der Waals surface area contributed by atoms with Crippen LogP contribution in [0, 0.1) is 20.8 Å². The molecular formula is C17H21N3O4S. The van der Waals surface area contributed by atoms with Gasteiger partial charge in [-0.15, -0.1) is 0 Å². The third-order valence-corrected chi connectivity index (χ3v) is 5.12. The highest BCUT2D eigenvalue weighted by molar-refractivity contribution is 7.89. The van der Waals surface area contributed by atoms with Crippen molar-refractivity contribution in [2.45, 2.75) is 45.1 Å². The third kappa shape index (κ3) is 4.61. The Labute approximate surface area is 147 Å². The standard InChI is InChI=1S/C17H21N3O4S/c1-11-5-7-15(8-6-11)25(23,24)19-16(10-14(4)21)17(22)20-13(3)9-12(2)18-20/h5-9,16,19H,10H2,1-4H3. The molecule has 0 radical (unpaired) electrons. The van der Waals surface area contributed by atoms with Gasteiger partial charge in [0.1, 0.15) is 11.8 Å². The minimum Gasteiger partial charge on any atom is -0.300 e. The molecule has 8 heteroatoms. The van der Waals surface area contributed by atoms with Crippen molar-refractivity contribution in [1.82, 2.24) is 14.5 Å². The lowest BCUT2D eigenvalue weighted by Crippen LogP contribution is -2.44. The van der Waals surface area contributed by atoms with Crippen molar-refractivity contribution in [1.29, 1.82) is 0 Å². The van der Waals surface area contributed by atoms with Crippen LogP contribution in [-0.4, -0.2) is 35.9 Å². The van der Waals surface area contributed by atoms with Gasteiger partial charge in [-0.1, -0.05) is 17.7 Å². The number of hydrogen-bond donors (Lipinski definition) is 1. The summed E-state index contributed by atoms with van der Waals surface area (Å²) in [6, 6.07) is 6.72. The Balaban J connectivity index is 2.34. The average Bonchev–Trinajstić information content (AvgIpc) is 2.84. The third-order valence-electron chi connectivity index (χ3n) is 3.64. The van der Waals surface area contributed by atoms with Gasteiger partial charge in [-0.25, -0.2) is 13.1 Å². The van der Waals surface area contributed by atoms with E-state index in [0.717, 1.165) is 10.2 Å². The van der Waals surface area contributed by atoms with Gasteiger partial charge < -0.3 is 0 Å². The highest BCUT2D eigenvalue weighted by Crippen LogP contribution is 2.13. The van der Waals surface area contributed by atoms with Crippen LogP contribution in [0.1, 0.15) is 35.1 Å². The van der Waals surface area contributed by atoms with Crippen molar-refractivity contribution in [3.63, 3.8) is 0 Å². The molecule has 1 aromatic carbocycles. The monoisotopic (exact) mass is 363 g/mol. The van der Waals surface area contributed by atoms with Crippen molar-refractivity contribution in [2.24, 2.45) is 0 Å². The minimum atomic E-state index is -3.95. The Morgan fingerprint density at radius 2 is 1.76 bits per heavy atom. The van der Waals surface area contributed by atoms with Crippen LogP contribution in [0.25, 0.3) is 0 Å². The molecule has 7 nitrogen and oxygen atoms in total. The molecule has 1 aromatic heterocycles. The molecule has 1 unspecified atom stereocenters. The lowest BCUT2D eigenvalue weighted by Gasteiger charge is -2.17. The number of nitrogens with one attached hydrogen (secondary N) is 1. The number of aromatic nitrogens is 2. The van der Waals surface area contributed by atoms with E-state index in [-0.39, 0.29) is 17.1 Å². The van der Waals surface area contributed by atoms with Crippen LogP contribution >= 0.6 is 0 Å². The molecule has 1 atom stereocenters. The Morgan fingerprint density at radius 3 is 2.24 bits per heavy atom. The van der Waals surface area contributed by atoms with Crippen molar-refractivity contribution in [3.8, 4) is 0 Å². The van der Waals surface area contributed by atoms with Gasteiger partial charge in [0.2, 0.25) is 10.0 Å². The quantitative estimate of drug-likeness (QED) is 0.843. The summed E-state index contributed by atoms with van der Waals surface area (Å²) >= 11 is 0. The lowest BCUT2D eigenvalue weighted by atomic mass is 10.1. The molecule has 0 aliphatic carbocycles. The Morgan fingerprint density at radius 1 is 1.16 bits per heavy atom. The van der Waals surface area contributed by atoms with Crippen molar-refractivity contribution in [3.05, 3.63) is 47.3 Å². The Hall–Kier alpha value is -2.32. The fraction of sp³-hybridized carbons (Fsp3) is 0.353. The second-order valence-electron chi connectivity index (χ2n) is 6.07. The van der Waals surface area contributed by atoms with E-state index < -0.39 is 22.0 Å². The van der Waals surface area contributed by atoms with Gasteiger partial charge in [-0.05, 0) is 45.9 Å². The maximum Gasteiger partial charge on any atom is 0.265 e. The number of nitrogens with zero attached hydrogens (tertiary/aromatic N) is 2. The van der Waals surface area contributed by atoms with Crippen LogP contribution in [0.2, 0.25) is 0 Å². The number of carbonyl (C=O) groups excluding carboxylic acids is 2. The summed E-state index contributed by atoms with van der Waals surface area (Å²) in [4.78, 5) is 24.3. The summed E-state index contributed by atoms with van der Waals surface area (Å²) in [6.45, 7) is 6.57. The largest absolute Gasteiger partial charge is 0.300 e. The number of carbonyl (C=O) groups is 2. The number of sulfonamides is 1. The maximum atomic E-state index is 12.7. The van der Waals surface area contributed by atoms with Crippen LogP contribution in [-0.2, 0) is 14.8 Å². The zero-order valence-corrected chi connectivity index (χ0v) is 15.4. The van der Waals surface area contributed by atoms with E-state index in [1.165, 1.54) is 19.1 Å². The molecule has 0 spiro atoms. The van der Waals surface area contributed by atoms with E-state index in [1.807, 2.05) is 6.92 Å². The van der Waals surface area contributed by atoms with Crippen LogP contribution in [0.5, 0.6) is 0 Å². The molecule has 0 aliphatic heterocycles. The van der Waals surface area contributed by atoms with E-state index >= 15 is 0 Å². The molecule has 1 N–H and O–H groups in total. The summed E-state index contributed by atoms with van der Waals surface area (Å²) in [5.41, 5.74) is 2.12. The molecule has 2 aromatic rings. The molecule has 0 bridgehead atoms. The maximum absolute atomic E-state index is 12.7. The predicted molar refractivity (Wildman–Crippen MR) is 92.9 cm³/mol. The van der Waals surface area contributed by atoms with Gasteiger partial charge in [-0.2, -0.15) is 9.82 Å². The van der Waals surface area contributed by atoms with E-state index in [9.17, 15) is 18.0 Å². The van der Waals surface area contributed by atoms with Gasteiger partial charge in [0.25, 0.3) is 5.91 Å². The summed E-state index contributed by atoms with van der Waals surface area (Å²) in [5.74, 6) is -0.886. The molecule has 0 fully saturated rings.